The molecule has 10 heteroatoms. The van der Waals surface area contributed by atoms with Crippen molar-refractivity contribution < 1.29 is 18.4 Å². The molecular weight excluding hydrogens is 442 g/mol. The highest BCUT2D eigenvalue weighted by atomic mass is 19.1. The number of nitrogens with zero attached hydrogens (tertiary/aromatic N) is 3. The minimum absolute atomic E-state index is 0.0392. The number of benzene rings is 1. The normalized spacial score (nSPS) is 14.4. The lowest BCUT2D eigenvalue weighted by molar-refractivity contribution is -0.118. The molecule has 3 aromatic rings. The molecule has 176 valence electrons. The van der Waals surface area contributed by atoms with Gasteiger partial charge in [-0.25, -0.2) is 18.7 Å². The first-order valence-corrected chi connectivity index (χ1v) is 11.0. The third-order valence-electron chi connectivity index (χ3n) is 5.70. The fraction of sp³-hybridized carbons (Fsp3) is 0.292. The number of pyridine rings is 1. The largest absolute Gasteiger partial charge is 0.353 e. The molecule has 1 aliphatic carbocycles. The van der Waals surface area contributed by atoms with E-state index in [0.29, 0.717) is 23.6 Å². The maximum absolute atomic E-state index is 13.9. The molecule has 4 rings (SSSR count). The minimum atomic E-state index is -0.821. The van der Waals surface area contributed by atoms with Crippen molar-refractivity contribution in [3.8, 4) is 0 Å². The number of halogens is 2. The van der Waals surface area contributed by atoms with E-state index in [1.54, 1.807) is 24.3 Å². The highest BCUT2D eigenvalue weighted by Crippen LogP contribution is 2.29. The molecule has 3 N–H and O–H groups in total. The lowest BCUT2D eigenvalue weighted by atomic mass is 9.97. The number of carbonyl (C=O) groups is 2. The van der Waals surface area contributed by atoms with Gasteiger partial charge in [0.25, 0.3) is 5.91 Å². The quantitative estimate of drug-likeness (QED) is 0.459. The fourth-order valence-electron chi connectivity index (χ4n) is 4.00. The molecule has 1 saturated carbocycles. The molecule has 0 radical (unpaired) electrons. The first-order valence-electron chi connectivity index (χ1n) is 11.0. The molecule has 0 spiro atoms. The van der Waals surface area contributed by atoms with Crippen LogP contribution in [0.3, 0.4) is 0 Å². The number of rotatable bonds is 8. The van der Waals surface area contributed by atoms with Crippen molar-refractivity contribution in [3.63, 3.8) is 0 Å². The van der Waals surface area contributed by atoms with E-state index in [9.17, 15) is 18.4 Å². The van der Waals surface area contributed by atoms with Crippen LogP contribution in [0.5, 0.6) is 0 Å². The monoisotopic (exact) mass is 466 g/mol. The van der Waals surface area contributed by atoms with Crippen LogP contribution in [0.25, 0.3) is 0 Å². The maximum atomic E-state index is 13.9. The molecule has 1 atom stereocenters. The summed E-state index contributed by atoms with van der Waals surface area (Å²) in [5, 5.41) is 8.27. The van der Waals surface area contributed by atoms with E-state index in [-0.39, 0.29) is 11.6 Å². The Morgan fingerprint density at radius 2 is 1.82 bits per heavy atom. The van der Waals surface area contributed by atoms with Crippen molar-refractivity contribution in [2.24, 2.45) is 5.92 Å². The van der Waals surface area contributed by atoms with Gasteiger partial charge in [-0.3, -0.25) is 19.9 Å². The van der Waals surface area contributed by atoms with Crippen LogP contribution in [0, 0.1) is 17.6 Å². The van der Waals surface area contributed by atoms with E-state index in [1.807, 2.05) is 0 Å². The van der Waals surface area contributed by atoms with Gasteiger partial charge in [-0.15, -0.1) is 0 Å². The molecule has 1 fully saturated rings. The van der Waals surface area contributed by atoms with Crippen molar-refractivity contribution >= 4 is 29.1 Å². The van der Waals surface area contributed by atoms with E-state index in [1.165, 1.54) is 12.3 Å². The van der Waals surface area contributed by atoms with E-state index in [2.05, 4.69) is 30.9 Å². The number of aromatic nitrogens is 3. The molecule has 8 nitrogen and oxygen atoms in total. The standard InChI is InChI=1S/C24H24F2N6O2/c25-17-12-28-24(29-13-17)32-23(34)21(10-15-4-1-2-5-15)31-22(33)16-6-3-7-18(11-16)30-20-8-9-27-14-19(20)26/h3,6-9,11-15,21H,1-2,4-5,10H2,(H,27,30)(H,31,33)(H,28,29,32,34)/t21-/m1/s1. The zero-order valence-corrected chi connectivity index (χ0v) is 18.3. The third-order valence-corrected chi connectivity index (χ3v) is 5.70. The SMILES string of the molecule is O=C(N[C@H](CC1CCCC1)C(=O)Nc1ncc(F)cn1)c1cccc(Nc2ccncc2F)c1. The summed E-state index contributed by atoms with van der Waals surface area (Å²) in [7, 11) is 0. The molecule has 2 heterocycles. The van der Waals surface area contributed by atoms with Gasteiger partial charge >= 0.3 is 0 Å². The lowest BCUT2D eigenvalue weighted by Crippen LogP contribution is -2.45. The maximum Gasteiger partial charge on any atom is 0.252 e. The van der Waals surface area contributed by atoms with Crippen LogP contribution in [0.4, 0.5) is 26.1 Å². The Bertz CT molecular complexity index is 1150. The van der Waals surface area contributed by atoms with Gasteiger partial charge in [0.05, 0.1) is 24.3 Å². The molecule has 0 bridgehead atoms. The number of hydrogen-bond donors (Lipinski definition) is 3. The van der Waals surface area contributed by atoms with Gasteiger partial charge in [-0.1, -0.05) is 31.7 Å². The molecular formula is C24H24F2N6O2. The smallest absolute Gasteiger partial charge is 0.252 e. The van der Waals surface area contributed by atoms with Crippen LogP contribution in [-0.2, 0) is 4.79 Å². The van der Waals surface area contributed by atoms with Gasteiger partial charge in [-0.05, 0) is 36.6 Å². The topological polar surface area (TPSA) is 109 Å². The number of nitrogens with one attached hydrogen (secondary N) is 3. The number of hydrogen-bond acceptors (Lipinski definition) is 6. The van der Waals surface area contributed by atoms with Gasteiger partial charge < -0.3 is 10.6 Å². The predicted octanol–water partition coefficient (Wildman–Crippen LogP) is 4.21. The van der Waals surface area contributed by atoms with E-state index < -0.39 is 29.5 Å². The molecule has 1 aliphatic rings. The summed E-state index contributed by atoms with van der Waals surface area (Å²) in [4.78, 5) is 37.2. The lowest BCUT2D eigenvalue weighted by Gasteiger charge is -2.21. The van der Waals surface area contributed by atoms with E-state index in [4.69, 9.17) is 0 Å². The van der Waals surface area contributed by atoms with Crippen molar-refractivity contribution in [1.29, 1.82) is 0 Å². The first kappa shape index (κ1) is 23.2. The van der Waals surface area contributed by atoms with Crippen molar-refractivity contribution in [2.45, 2.75) is 38.1 Å². The van der Waals surface area contributed by atoms with Gasteiger partial charge in [0.15, 0.2) is 11.6 Å². The van der Waals surface area contributed by atoms with Crippen LogP contribution >= 0.6 is 0 Å². The summed E-state index contributed by atoms with van der Waals surface area (Å²) in [6.45, 7) is 0. The third kappa shape index (κ3) is 6.09. The summed E-state index contributed by atoms with van der Waals surface area (Å²) in [6.07, 6.45) is 9.09. The summed E-state index contributed by atoms with van der Waals surface area (Å²) in [6, 6.07) is 7.21. The zero-order chi connectivity index (χ0) is 23.9. The van der Waals surface area contributed by atoms with Gasteiger partial charge in [0.2, 0.25) is 11.9 Å². The summed E-state index contributed by atoms with van der Waals surface area (Å²) in [5.74, 6) is -1.78. The van der Waals surface area contributed by atoms with Crippen LogP contribution in [0.2, 0.25) is 0 Å². The second kappa shape index (κ2) is 10.8. The highest BCUT2D eigenvalue weighted by molar-refractivity contribution is 6.01. The van der Waals surface area contributed by atoms with Gasteiger partial charge in [0.1, 0.15) is 6.04 Å². The first-order chi connectivity index (χ1) is 16.5. The molecule has 2 aromatic heterocycles. The average molecular weight is 466 g/mol. The average Bonchev–Trinajstić information content (AvgIpc) is 3.35. The van der Waals surface area contributed by atoms with Gasteiger partial charge in [-0.2, -0.15) is 0 Å². The molecule has 0 saturated heterocycles. The molecule has 0 unspecified atom stereocenters. The number of amides is 2. The molecule has 1 aromatic carbocycles. The summed E-state index contributed by atoms with van der Waals surface area (Å²) in [5.41, 5.74) is 1.04. The second-order valence-electron chi connectivity index (χ2n) is 8.19. The Hall–Kier alpha value is -3.95. The van der Waals surface area contributed by atoms with Crippen LogP contribution in [0.15, 0.2) is 55.1 Å². The van der Waals surface area contributed by atoms with Crippen LogP contribution in [-0.4, -0.2) is 32.8 Å². The second-order valence-corrected chi connectivity index (χ2v) is 8.19. The zero-order valence-electron chi connectivity index (χ0n) is 18.3. The van der Waals surface area contributed by atoms with Crippen LogP contribution in [0.1, 0.15) is 42.5 Å². The Labute approximate surface area is 195 Å². The van der Waals surface area contributed by atoms with Crippen molar-refractivity contribution in [3.05, 3.63) is 72.3 Å². The molecule has 0 aliphatic heterocycles. The van der Waals surface area contributed by atoms with Crippen molar-refractivity contribution in [2.75, 3.05) is 10.6 Å². The molecule has 34 heavy (non-hydrogen) atoms. The Morgan fingerprint density at radius 1 is 1.06 bits per heavy atom. The van der Waals surface area contributed by atoms with E-state index in [0.717, 1.165) is 44.3 Å². The Morgan fingerprint density at radius 3 is 2.56 bits per heavy atom. The molecule has 2 amide bonds. The summed E-state index contributed by atoms with van der Waals surface area (Å²) >= 11 is 0. The van der Waals surface area contributed by atoms with E-state index >= 15 is 0 Å². The summed E-state index contributed by atoms with van der Waals surface area (Å²) < 4.78 is 27.0. The number of anilines is 3. The van der Waals surface area contributed by atoms with Crippen molar-refractivity contribution in [1.82, 2.24) is 20.3 Å². The van der Waals surface area contributed by atoms with Gasteiger partial charge in [0, 0.05) is 17.4 Å². The fourth-order valence-corrected chi connectivity index (χ4v) is 4.00. The Balaban J connectivity index is 1.47. The Kier molecular flexibility index (Phi) is 7.36. The predicted molar refractivity (Wildman–Crippen MR) is 122 cm³/mol. The number of carbonyl (C=O) groups excluding carboxylic acids is 2. The highest BCUT2D eigenvalue weighted by Gasteiger charge is 2.27. The van der Waals surface area contributed by atoms with Crippen LogP contribution < -0.4 is 16.0 Å². The minimum Gasteiger partial charge on any atom is -0.353 e.